The summed E-state index contributed by atoms with van der Waals surface area (Å²) in [7, 11) is 1.44. The van der Waals surface area contributed by atoms with E-state index >= 15 is 0 Å². The Morgan fingerprint density at radius 3 is 2.92 bits per heavy atom. The van der Waals surface area contributed by atoms with Crippen LogP contribution in [0.5, 0.6) is 5.75 Å². The maximum absolute atomic E-state index is 10.3. The highest BCUT2D eigenvalue weighted by Crippen LogP contribution is 2.13. The van der Waals surface area contributed by atoms with Crippen molar-refractivity contribution in [3.8, 4) is 11.8 Å². The Bertz CT molecular complexity index is 341. The minimum atomic E-state index is 0.127. The van der Waals surface area contributed by atoms with Crippen LogP contribution in [0.25, 0.3) is 0 Å². The number of carbonyl (C=O) groups excluding carboxylic acids is 1. The van der Waals surface area contributed by atoms with Crippen LogP contribution in [0.4, 0.5) is 0 Å². The molecule has 60 valence electrons. The van der Waals surface area contributed by atoms with Gasteiger partial charge in [-0.15, -0.1) is 0 Å². The predicted octanol–water partition coefficient (Wildman–Crippen LogP) is 0.774. The molecule has 0 fully saturated rings. The Kier molecular flexibility index (Phi) is 2.38. The molecule has 1 aromatic rings. The number of carbonyl (C=O) groups is 1. The molecule has 0 aliphatic carbocycles. The summed E-state index contributed by atoms with van der Waals surface area (Å²) in [6.45, 7) is 0. The summed E-state index contributed by atoms with van der Waals surface area (Å²) in [6.07, 6.45) is 0.584. The molecule has 1 rings (SSSR count). The van der Waals surface area contributed by atoms with Crippen LogP contribution in [0.3, 0.4) is 0 Å². The van der Waals surface area contributed by atoms with Crippen LogP contribution < -0.4 is 4.74 Å². The van der Waals surface area contributed by atoms with E-state index in [1.165, 1.54) is 19.2 Å². The van der Waals surface area contributed by atoms with Gasteiger partial charge >= 0.3 is 0 Å². The number of methoxy groups -OCH3 is 1. The van der Waals surface area contributed by atoms with Gasteiger partial charge in [-0.05, 0) is 12.1 Å². The molecule has 0 N–H and O–H groups in total. The monoisotopic (exact) mass is 162 g/mol. The maximum Gasteiger partial charge on any atom is 0.183 e. The minimum absolute atomic E-state index is 0.127. The molecule has 12 heavy (non-hydrogen) atoms. The Balaban J connectivity index is 3.21. The van der Waals surface area contributed by atoms with Crippen LogP contribution in [0.2, 0.25) is 0 Å². The largest absolute Gasteiger partial charge is 0.494 e. The second kappa shape index (κ2) is 3.49. The first-order valence-corrected chi connectivity index (χ1v) is 3.22. The van der Waals surface area contributed by atoms with Crippen molar-refractivity contribution in [3.63, 3.8) is 0 Å². The van der Waals surface area contributed by atoms with Gasteiger partial charge in [0.25, 0.3) is 0 Å². The van der Waals surface area contributed by atoms with E-state index in [1.54, 1.807) is 0 Å². The zero-order valence-electron chi connectivity index (χ0n) is 6.44. The highest BCUT2D eigenvalue weighted by molar-refractivity contribution is 5.72. The lowest BCUT2D eigenvalue weighted by molar-refractivity contribution is 0.111. The molecule has 0 unspecified atom stereocenters. The van der Waals surface area contributed by atoms with Gasteiger partial charge < -0.3 is 4.74 Å². The van der Waals surface area contributed by atoms with Crippen LogP contribution in [0.1, 0.15) is 16.2 Å². The van der Waals surface area contributed by atoms with Gasteiger partial charge in [-0.2, -0.15) is 5.26 Å². The number of aldehydes is 1. The van der Waals surface area contributed by atoms with E-state index in [1.807, 2.05) is 6.07 Å². The molecule has 0 spiro atoms. The van der Waals surface area contributed by atoms with Crippen molar-refractivity contribution >= 4 is 6.29 Å². The van der Waals surface area contributed by atoms with Crippen molar-refractivity contribution in [2.24, 2.45) is 0 Å². The molecular formula is C8H6N2O2. The van der Waals surface area contributed by atoms with E-state index in [-0.39, 0.29) is 11.4 Å². The number of nitrogens with zero attached hydrogens (tertiary/aromatic N) is 2. The van der Waals surface area contributed by atoms with Crippen LogP contribution in [-0.4, -0.2) is 18.4 Å². The van der Waals surface area contributed by atoms with Gasteiger partial charge in [-0.3, -0.25) is 4.79 Å². The van der Waals surface area contributed by atoms with E-state index < -0.39 is 0 Å². The van der Waals surface area contributed by atoms with Crippen molar-refractivity contribution in [2.75, 3.05) is 7.11 Å². The number of ether oxygens (including phenoxy) is 1. The Labute approximate surface area is 69.4 Å². The molecule has 0 bridgehead atoms. The van der Waals surface area contributed by atoms with Crippen LogP contribution in [0, 0.1) is 11.3 Å². The number of hydrogen-bond donors (Lipinski definition) is 0. The normalized spacial score (nSPS) is 8.67. The third-order valence-corrected chi connectivity index (χ3v) is 1.33. The highest BCUT2D eigenvalue weighted by atomic mass is 16.5. The van der Waals surface area contributed by atoms with Crippen LogP contribution >= 0.6 is 0 Å². The smallest absolute Gasteiger partial charge is 0.183 e. The van der Waals surface area contributed by atoms with Crippen molar-refractivity contribution in [2.45, 2.75) is 0 Å². The molecule has 0 aliphatic heterocycles. The van der Waals surface area contributed by atoms with Gasteiger partial charge in [0, 0.05) is 0 Å². The lowest BCUT2D eigenvalue weighted by Gasteiger charge is -2.00. The molecule has 0 saturated heterocycles. The summed E-state index contributed by atoms with van der Waals surface area (Å²) < 4.78 is 4.83. The zero-order chi connectivity index (χ0) is 8.97. The van der Waals surface area contributed by atoms with E-state index in [2.05, 4.69) is 4.98 Å². The molecule has 0 saturated carbocycles. The number of pyridine rings is 1. The molecular weight excluding hydrogens is 156 g/mol. The van der Waals surface area contributed by atoms with E-state index in [0.717, 1.165) is 0 Å². The summed E-state index contributed by atoms with van der Waals surface area (Å²) in [5, 5.41) is 8.56. The highest BCUT2D eigenvalue weighted by Gasteiger charge is 2.03. The van der Waals surface area contributed by atoms with Gasteiger partial charge in [0.2, 0.25) is 0 Å². The summed E-state index contributed by atoms with van der Waals surface area (Å²) in [5.74, 6) is 0.378. The summed E-state index contributed by atoms with van der Waals surface area (Å²) in [5.41, 5.74) is 0.356. The first-order valence-electron chi connectivity index (χ1n) is 3.22. The molecule has 0 aliphatic rings. The van der Waals surface area contributed by atoms with E-state index in [9.17, 15) is 4.79 Å². The van der Waals surface area contributed by atoms with Crippen molar-refractivity contribution in [1.29, 1.82) is 5.26 Å². The Hall–Kier alpha value is -1.89. The lowest BCUT2D eigenvalue weighted by atomic mass is 10.3. The Morgan fingerprint density at radius 2 is 2.42 bits per heavy atom. The summed E-state index contributed by atoms with van der Waals surface area (Å²) in [4.78, 5) is 14.0. The average Bonchev–Trinajstić information content (AvgIpc) is 2.16. The Morgan fingerprint density at radius 1 is 1.67 bits per heavy atom. The van der Waals surface area contributed by atoms with Gasteiger partial charge in [0.1, 0.15) is 11.8 Å². The number of aromatic nitrogens is 1. The average molecular weight is 162 g/mol. The fourth-order valence-electron chi connectivity index (χ4n) is 0.772. The molecule has 1 aromatic heterocycles. The topological polar surface area (TPSA) is 63.0 Å². The van der Waals surface area contributed by atoms with E-state index in [0.29, 0.717) is 12.0 Å². The lowest BCUT2D eigenvalue weighted by Crippen LogP contribution is -1.94. The van der Waals surface area contributed by atoms with Gasteiger partial charge in [-0.1, -0.05) is 0 Å². The molecule has 1 heterocycles. The molecule has 4 heteroatoms. The SMILES string of the molecule is COc1ccc(C=O)nc1C#N. The van der Waals surface area contributed by atoms with Crippen LogP contribution in [0.15, 0.2) is 12.1 Å². The fraction of sp³-hybridized carbons (Fsp3) is 0.125. The summed E-state index contributed by atoms with van der Waals surface area (Å²) in [6, 6.07) is 4.86. The number of rotatable bonds is 2. The van der Waals surface area contributed by atoms with Crippen molar-refractivity contribution in [3.05, 3.63) is 23.5 Å². The fourth-order valence-corrected chi connectivity index (χ4v) is 0.772. The van der Waals surface area contributed by atoms with Gasteiger partial charge in [0.15, 0.2) is 17.7 Å². The third-order valence-electron chi connectivity index (χ3n) is 1.33. The van der Waals surface area contributed by atoms with Crippen molar-refractivity contribution in [1.82, 2.24) is 4.98 Å². The van der Waals surface area contributed by atoms with E-state index in [4.69, 9.17) is 10.00 Å². The minimum Gasteiger partial charge on any atom is -0.494 e. The molecule has 0 atom stereocenters. The number of hydrogen-bond acceptors (Lipinski definition) is 4. The van der Waals surface area contributed by atoms with Gasteiger partial charge in [-0.25, -0.2) is 4.98 Å². The molecule has 0 radical (unpaired) electrons. The first kappa shape index (κ1) is 8.21. The van der Waals surface area contributed by atoms with Gasteiger partial charge in [0.05, 0.1) is 7.11 Å². The summed E-state index contributed by atoms with van der Waals surface area (Å²) >= 11 is 0. The zero-order valence-corrected chi connectivity index (χ0v) is 6.44. The second-order valence-corrected chi connectivity index (χ2v) is 2.02. The van der Waals surface area contributed by atoms with Crippen LogP contribution in [-0.2, 0) is 0 Å². The molecule has 0 aromatic carbocycles. The molecule has 0 amide bonds. The number of nitriles is 1. The predicted molar refractivity (Wildman–Crippen MR) is 40.9 cm³/mol. The quantitative estimate of drug-likeness (QED) is 0.602. The standard InChI is InChI=1S/C8H6N2O2/c1-12-8-3-2-6(5-11)10-7(8)4-9/h2-3,5H,1H3. The second-order valence-electron chi connectivity index (χ2n) is 2.02. The first-order chi connectivity index (χ1) is 5.81. The van der Waals surface area contributed by atoms with Crippen molar-refractivity contribution < 1.29 is 9.53 Å². The maximum atomic E-state index is 10.3. The molecule has 4 nitrogen and oxygen atoms in total. The third kappa shape index (κ3) is 1.40.